The van der Waals surface area contributed by atoms with Gasteiger partial charge in [-0.2, -0.15) is 13.2 Å². The maximum Gasteiger partial charge on any atom is 0.416 e. The summed E-state index contributed by atoms with van der Waals surface area (Å²) in [5, 5.41) is 2.99. The third-order valence-corrected chi connectivity index (χ3v) is 6.09. The zero-order valence-corrected chi connectivity index (χ0v) is 21.2. The molecule has 0 saturated carbocycles. The minimum absolute atomic E-state index is 0.205. The lowest BCUT2D eigenvalue weighted by Crippen LogP contribution is -2.37. The van der Waals surface area contributed by atoms with Crippen LogP contribution in [0.2, 0.25) is 0 Å². The summed E-state index contributed by atoms with van der Waals surface area (Å²) in [6.07, 6.45) is -1.82. The van der Waals surface area contributed by atoms with Crippen molar-refractivity contribution in [3.8, 4) is 22.9 Å². The standard InChI is InChI=1S/C27H25F4N7O/c1-37(2)20-13-17(27(29,30)31)12-19(14-20)34-18-6-7-22(32-15-18)23-4-3-5-24(35-23)25-33-16-21(28)26(36-25)38-8-10-39-11-9-38/h3-7,12-16,34H,8-11H2,1-2H3. The van der Waals surface area contributed by atoms with Crippen LogP contribution in [0, 0.1) is 5.82 Å². The summed E-state index contributed by atoms with van der Waals surface area (Å²) < 4.78 is 59.9. The highest BCUT2D eigenvalue weighted by Crippen LogP contribution is 2.35. The van der Waals surface area contributed by atoms with E-state index >= 15 is 0 Å². The van der Waals surface area contributed by atoms with E-state index in [9.17, 15) is 17.6 Å². The number of halogens is 4. The van der Waals surface area contributed by atoms with Crippen molar-refractivity contribution in [1.82, 2.24) is 19.9 Å². The first-order valence-electron chi connectivity index (χ1n) is 12.1. The van der Waals surface area contributed by atoms with Crippen LogP contribution in [0.1, 0.15) is 5.56 Å². The second-order valence-electron chi connectivity index (χ2n) is 9.09. The predicted molar refractivity (Wildman–Crippen MR) is 141 cm³/mol. The van der Waals surface area contributed by atoms with E-state index in [0.29, 0.717) is 54.8 Å². The van der Waals surface area contributed by atoms with Crippen LogP contribution in [-0.2, 0) is 10.9 Å². The zero-order valence-electron chi connectivity index (χ0n) is 21.2. The minimum atomic E-state index is -4.47. The van der Waals surface area contributed by atoms with Gasteiger partial charge < -0.3 is 19.9 Å². The number of nitrogens with one attached hydrogen (secondary N) is 1. The van der Waals surface area contributed by atoms with Crippen LogP contribution >= 0.6 is 0 Å². The van der Waals surface area contributed by atoms with Crippen molar-refractivity contribution in [3.05, 3.63) is 72.3 Å². The number of benzene rings is 1. The van der Waals surface area contributed by atoms with Gasteiger partial charge in [0.15, 0.2) is 17.5 Å². The Morgan fingerprint density at radius 1 is 0.872 bits per heavy atom. The molecule has 1 N–H and O–H groups in total. The molecular weight excluding hydrogens is 514 g/mol. The number of hydrogen-bond acceptors (Lipinski definition) is 8. The average Bonchev–Trinajstić information content (AvgIpc) is 2.93. The molecule has 0 atom stereocenters. The summed E-state index contributed by atoms with van der Waals surface area (Å²) in [7, 11) is 3.36. The second kappa shape index (κ2) is 10.8. The van der Waals surface area contributed by atoms with Crippen LogP contribution < -0.4 is 15.1 Å². The van der Waals surface area contributed by atoms with E-state index in [4.69, 9.17) is 4.74 Å². The Hall–Kier alpha value is -4.32. The summed E-state index contributed by atoms with van der Waals surface area (Å²) in [6.45, 7) is 2.05. The molecule has 202 valence electrons. The number of nitrogens with zero attached hydrogens (tertiary/aromatic N) is 6. The lowest BCUT2D eigenvalue weighted by molar-refractivity contribution is -0.137. The van der Waals surface area contributed by atoms with E-state index in [-0.39, 0.29) is 17.3 Å². The predicted octanol–water partition coefficient (Wildman–Crippen LogP) is 5.40. The molecular formula is C27H25F4N7O. The molecule has 12 heteroatoms. The SMILES string of the molecule is CN(C)c1cc(Nc2ccc(-c3cccc(-c4ncc(F)c(N5CCOCC5)n4)n3)nc2)cc(C(F)(F)F)c1. The van der Waals surface area contributed by atoms with Crippen LogP contribution in [0.5, 0.6) is 0 Å². The van der Waals surface area contributed by atoms with Crippen LogP contribution in [0.15, 0.2) is 60.9 Å². The topological polar surface area (TPSA) is 79.3 Å². The molecule has 1 aliphatic heterocycles. The van der Waals surface area contributed by atoms with E-state index in [0.717, 1.165) is 18.3 Å². The Morgan fingerprint density at radius 2 is 1.64 bits per heavy atom. The van der Waals surface area contributed by atoms with Gasteiger partial charge in [-0.3, -0.25) is 4.98 Å². The molecule has 0 bridgehead atoms. The summed E-state index contributed by atoms with van der Waals surface area (Å²) in [5.41, 5.74) is 1.99. The van der Waals surface area contributed by atoms with E-state index in [1.165, 1.54) is 6.20 Å². The fourth-order valence-electron chi connectivity index (χ4n) is 4.07. The fraction of sp³-hybridized carbons (Fsp3) is 0.259. The third kappa shape index (κ3) is 6.06. The van der Waals surface area contributed by atoms with Gasteiger partial charge in [0.05, 0.1) is 48.2 Å². The van der Waals surface area contributed by atoms with Crippen molar-refractivity contribution < 1.29 is 22.3 Å². The number of anilines is 4. The Kier molecular flexibility index (Phi) is 7.29. The van der Waals surface area contributed by atoms with Crippen molar-refractivity contribution in [2.75, 3.05) is 55.5 Å². The maximum absolute atomic E-state index is 14.4. The molecule has 4 heterocycles. The molecule has 1 aliphatic rings. The molecule has 0 unspecified atom stereocenters. The average molecular weight is 540 g/mol. The molecule has 0 amide bonds. The number of morpholine rings is 1. The fourth-order valence-corrected chi connectivity index (χ4v) is 4.07. The Morgan fingerprint density at radius 3 is 2.33 bits per heavy atom. The highest BCUT2D eigenvalue weighted by atomic mass is 19.4. The third-order valence-electron chi connectivity index (χ3n) is 6.09. The molecule has 1 fully saturated rings. The number of aromatic nitrogens is 4. The van der Waals surface area contributed by atoms with Crippen LogP contribution in [0.4, 0.5) is 40.4 Å². The highest BCUT2D eigenvalue weighted by Gasteiger charge is 2.31. The lowest BCUT2D eigenvalue weighted by atomic mass is 10.1. The quantitative estimate of drug-likeness (QED) is 0.326. The normalized spacial score (nSPS) is 13.8. The molecule has 1 saturated heterocycles. The van der Waals surface area contributed by atoms with Gasteiger partial charge in [0.2, 0.25) is 0 Å². The molecule has 39 heavy (non-hydrogen) atoms. The monoisotopic (exact) mass is 539 g/mol. The summed E-state index contributed by atoms with van der Waals surface area (Å²) in [5.74, 6) is -0.0321. The summed E-state index contributed by atoms with van der Waals surface area (Å²) >= 11 is 0. The van der Waals surface area contributed by atoms with Crippen molar-refractivity contribution in [2.45, 2.75) is 6.18 Å². The Labute approximate surface area is 222 Å². The minimum Gasteiger partial charge on any atom is -0.378 e. The molecule has 4 aromatic rings. The highest BCUT2D eigenvalue weighted by molar-refractivity contribution is 5.68. The van der Waals surface area contributed by atoms with Gasteiger partial charge >= 0.3 is 6.18 Å². The number of rotatable bonds is 6. The van der Waals surface area contributed by atoms with Gasteiger partial charge in [0.25, 0.3) is 0 Å². The zero-order chi connectivity index (χ0) is 27.6. The van der Waals surface area contributed by atoms with Crippen molar-refractivity contribution in [2.24, 2.45) is 0 Å². The molecule has 0 aliphatic carbocycles. The molecule has 8 nitrogen and oxygen atoms in total. The first-order chi connectivity index (χ1) is 18.7. The number of pyridine rings is 2. The van der Waals surface area contributed by atoms with Crippen LogP contribution in [0.3, 0.4) is 0 Å². The van der Waals surface area contributed by atoms with E-state index in [1.807, 2.05) is 4.90 Å². The maximum atomic E-state index is 14.4. The first kappa shape index (κ1) is 26.3. The van der Waals surface area contributed by atoms with Gasteiger partial charge in [0, 0.05) is 38.6 Å². The number of hydrogen-bond donors (Lipinski definition) is 1. The molecule has 1 aromatic carbocycles. The number of alkyl halides is 3. The first-order valence-corrected chi connectivity index (χ1v) is 12.1. The van der Waals surface area contributed by atoms with E-state index < -0.39 is 17.6 Å². The Bertz CT molecular complexity index is 1460. The Balaban J connectivity index is 1.37. The second-order valence-corrected chi connectivity index (χ2v) is 9.09. The van der Waals surface area contributed by atoms with Gasteiger partial charge in [-0.05, 0) is 42.5 Å². The smallest absolute Gasteiger partial charge is 0.378 e. The van der Waals surface area contributed by atoms with Crippen molar-refractivity contribution >= 4 is 22.9 Å². The summed E-state index contributed by atoms with van der Waals surface area (Å²) in [6, 6.07) is 12.5. The van der Waals surface area contributed by atoms with E-state index in [2.05, 4.69) is 25.3 Å². The summed E-state index contributed by atoms with van der Waals surface area (Å²) in [4.78, 5) is 21.0. The molecule has 0 radical (unpaired) electrons. The van der Waals surface area contributed by atoms with Crippen LogP contribution in [-0.4, -0.2) is 60.3 Å². The van der Waals surface area contributed by atoms with Crippen molar-refractivity contribution in [3.63, 3.8) is 0 Å². The molecule has 5 rings (SSSR count). The largest absolute Gasteiger partial charge is 0.416 e. The van der Waals surface area contributed by atoms with Crippen LogP contribution in [0.25, 0.3) is 22.9 Å². The molecule has 3 aromatic heterocycles. The van der Waals surface area contributed by atoms with Gasteiger partial charge in [-0.15, -0.1) is 0 Å². The van der Waals surface area contributed by atoms with Gasteiger partial charge in [-0.1, -0.05) is 6.07 Å². The van der Waals surface area contributed by atoms with Crippen molar-refractivity contribution in [1.29, 1.82) is 0 Å². The van der Waals surface area contributed by atoms with E-state index in [1.54, 1.807) is 55.4 Å². The number of ether oxygens (including phenoxy) is 1. The van der Waals surface area contributed by atoms with Gasteiger partial charge in [0.1, 0.15) is 5.69 Å². The molecule has 0 spiro atoms. The lowest BCUT2D eigenvalue weighted by Gasteiger charge is -2.28. The van der Waals surface area contributed by atoms with Gasteiger partial charge in [-0.25, -0.2) is 19.3 Å².